The van der Waals surface area contributed by atoms with E-state index in [-0.39, 0.29) is 24.5 Å². The van der Waals surface area contributed by atoms with Gasteiger partial charge in [0.05, 0.1) is 0 Å². The van der Waals surface area contributed by atoms with Crippen molar-refractivity contribution in [1.29, 1.82) is 0 Å². The van der Waals surface area contributed by atoms with E-state index in [0.29, 0.717) is 11.6 Å². The first-order chi connectivity index (χ1) is 19.4. The first-order valence-electron chi connectivity index (χ1n) is 12.8. The van der Waals surface area contributed by atoms with Gasteiger partial charge in [0.2, 0.25) is 10.7 Å². The van der Waals surface area contributed by atoms with E-state index in [1.807, 2.05) is 31.2 Å². The molecule has 1 amide bonds. The van der Waals surface area contributed by atoms with Crippen molar-refractivity contribution in [3.63, 3.8) is 0 Å². The number of amides is 1. The van der Waals surface area contributed by atoms with Crippen molar-refractivity contribution in [1.82, 2.24) is 19.7 Å². The van der Waals surface area contributed by atoms with E-state index in [1.165, 1.54) is 32.4 Å². The number of carbonyl (C=O) groups is 4. The van der Waals surface area contributed by atoms with E-state index in [1.54, 1.807) is 10.6 Å². The minimum atomic E-state index is -1.25. The lowest BCUT2D eigenvalue weighted by Gasteiger charge is -2.45. The van der Waals surface area contributed by atoms with Gasteiger partial charge in [0.1, 0.15) is 31.1 Å². The van der Waals surface area contributed by atoms with E-state index in [4.69, 9.17) is 35.9 Å². The van der Waals surface area contributed by atoms with Crippen LogP contribution in [0, 0.1) is 11.7 Å². The molecule has 1 N–H and O–H groups in total. The van der Waals surface area contributed by atoms with E-state index in [9.17, 15) is 19.2 Å². The summed E-state index contributed by atoms with van der Waals surface area (Å²) in [4.78, 5) is 48.1. The second-order valence-corrected chi connectivity index (χ2v) is 9.75. The molecule has 1 aromatic carbocycles. The number of ether oxygens (including phenoxy) is 5. The zero-order valence-corrected chi connectivity index (χ0v) is 24.3. The summed E-state index contributed by atoms with van der Waals surface area (Å²) in [6.07, 6.45) is -3.14. The lowest BCUT2D eigenvalue weighted by atomic mass is 9.95. The summed E-state index contributed by atoms with van der Waals surface area (Å²) in [5.74, 6) is -1.47. The van der Waals surface area contributed by atoms with Crippen molar-refractivity contribution in [2.75, 3.05) is 6.61 Å². The molecule has 1 saturated heterocycles. The number of aromatic nitrogens is 3. The maximum atomic E-state index is 12.3. The number of benzene rings is 1. The van der Waals surface area contributed by atoms with Crippen LogP contribution in [0.1, 0.15) is 45.3 Å². The van der Waals surface area contributed by atoms with E-state index in [0.717, 1.165) is 5.56 Å². The molecule has 0 unspecified atom stereocenters. The van der Waals surface area contributed by atoms with Gasteiger partial charge in [-0.15, -0.1) is 6.58 Å². The van der Waals surface area contributed by atoms with Gasteiger partial charge in [0.15, 0.2) is 24.3 Å². The molecule has 1 aromatic heterocycles. The Balaban J connectivity index is 2.09. The molecule has 0 aliphatic carbocycles. The number of rotatable bonds is 11. The van der Waals surface area contributed by atoms with Crippen LogP contribution in [0.15, 0.2) is 36.9 Å². The van der Waals surface area contributed by atoms with Crippen LogP contribution in [-0.2, 0) is 51.3 Å². The Hall–Kier alpha value is -4.04. The topological polar surface area (TPSA) is 149 Å². The average molecular weight is 591 g/mol. The third kappa shape index (κ3) is 8.24. The third-order valence-corrected chi connectivity index (χ3v) is 6.40. The number of aryl methyl sites for hydroxylation is 1. The molecule has 5 atom stereocenters. The van der Waals surface area contributed by atoms with Gasteiger partial charge in [-0.1, -0.05) is 23.8 Å². The molecule has 14 heteroatoms. The summed E-state index contributed by atoms with van der Waals surface area (Å²) >= 11 is 5.73. The Morgan fingerprint density at radius 3 is 2.24 bits per heavy atom. The summed E-state index contributed by atoms with van der Waals surface area (Å²) in [6, 6.07) is 6.37. The Labute approximate surface area is 242 Å². The number of esters is 3. The highest BCUT2D eigenvalue weighted by atomic mass is 32.1. The fraction of sp³-hybridized carbons (Fsp3) is 0.481. The molecule has 0 bridgehead atoms. The number of hydrogen-bond acceptors (Lipinski definition) is 11. The Morgan fingerprint density at radius 2 is 1.68 bits per heavy atom. The zero-order valence-electron chi connectivity index (χ0n) is 23.5. The predicted molar refractivity (Wildman–Crippen MR) is 146 cm³/mol. The van der Waals surface area contributed by atoms with Gasteiger partial charge in [0.25, 0.3) is 0 Å². The van der Waals surface area contributed by atoms with Gasteiger partial charge < -0.3 is 29.0 Å². The average Bonchev–Trinajstić information content (AvgIpc) is 3.19. The lowest BCUT2D eigenvalue weighted by Crippen LogP contribution is -2.64. The summed E-state index contributed by atoms with van der Waals surface area (Å²) in [5.41, 5.74) is 1.08. The Kier molecular flexibility index (Phi) is 10.8. The summed E-state index contributed by atoms with van der Waals surface area (Å²) in [6.45, 7) is 10.5. The molecule has 1 aliphatic heterocycles. The normalized spacial score (nSPS) is 21.8. The largest absolute Gasteiger partial charge is 0.486 e. The van der Waals surface area contributed by atoms with Crippen molar-refractivity contribution >= 4 is 36.0 Å². The molecule has 0 radical (unpaired) electrons. The Bertz CT molecular complexity index is 1340. The minimum Gasteiger partial charge on any atom is -0.486 e. The predicted octanol–water partition coefficient (Wildman–Crippen LogP) is 2.32. The van der Waals surface area contributed by atoms with E-state index in [2.05, 4.69) is 17.0 Å². The van der Waals surface area contributed by atoms with Crippen LogP contribution in [-0.4, -0.2) is 69.1 Å². The molecule has 222 valence electrons. The van der Waals surface area contributed by atoms with E-state index < -0.39 is 54.4 Å². The van der Waals surface area contributed by atoms with Crippen molar-refractivity contribution in [2.24, 2.45) is 0 Å². The number of hydrogen-bond donors (Lipinski definition) is 1. The van der Waals surface area contributed by atoms with Crippen LogP contribution >= 0.6 is 12.2 Å². The van der Waals surface area contributed by atoms with E-state index >= 15 is 0 Å². The van der Waals surface area contributed by atoms with Gasteiger partial charge in [-0.2, -0.15) is 5.10 Å². The van der Waals surface area contributed by atoms with Crippen LogP contribution in [0.4, 0.5) is 0 Å². The van der Waals surface area contributed by atoms with Crippen LogP contribution in [0.5, 0.6) is 5.75 Å². The number of allylic oxidation sites excluding steroid dienone is 1. The standard InChI is InChI=1S/C27H34N4O9S/c1-7-12-30-22(14-37-20-10-8-15(2)9-11-20)29-31(27(30)41)26-23(28-16(3)32)25(39-19(6)35)24(38-18(5)34)21(40-26)13-36-17(4)33/h7-11,21,23-26H,1,12-14H2,2-6H3,(H,28,32)/t21-,23-,24-,25-,26-/m1/s1. The van der Waals surface area contributed by atoms with Gasteiger partial charge >= 0.3 is 17.9 Å². The number of carbonyl (C=O) groups excluding carboxylic acids is 4. The highest BCUT2D eigenvalue weighted by Gasteiger charge is 2.52. The van der Waals surface area contributed by atoms with Gasteiger partial charge in [-0.05, 0) is 31.3 Å². The molecule has 0 saturated carbocycles. The van der Waals surface area contributed by atoms with Gasteiger partial charge in [-0.3, -0.25) is 23.7 Å². The zero-order chi connectivity index (χ0) is 30.3. The van der Waals surface area contributed by atoms with Gasteiger partial charge in [0, 0.05) is 34.2 Å². The highest BCUT2D eigenvalue weighted by molar-refractivity contribution is 7.71. The van der Waals surface area contributed by atoms with Gasteiger partial charge in [-0.25, -0.2) is 4.68 Å². The van der Waals surface area contributed by atoms with Crippen molar-refractivity contribution < 1.29 is 42.9 Å². The molecule has 13 nitrogen and oxygen atoms in total. The van der Waals surface area contributed by atoms with Crippen molar-refractivity contribution in [2.45, 2.75) is 78.4 Å². The van der Waals surface area contributed by atoms with Crippen LogP contribution in [0.3, 0.4) is 0 Å². The molecule has 1 fully saturated rings. The second-order valence-electron chi connectivity index (χ2n) is 9.39. The van der Waals surface area contributed by atoms with Crippen LogP contribution in [0.25, 0.3) is 0 Å². The number of nitrogens with one attached hydrogen (secondary N) is 1. The first kappa shape index (κ1) is 31.5. The molecule has 2 heterocycles. The fourth-order valence-electron chi connectivity index (χ4n) is 4.34. The summed E-state index contributed by atoms with van der Waals surface area (Å²) in [5, 5.41) is 7.36. The quantitative estimate of drug-likeness (QED) is 0.178. The SMILES string of the molecule is C=CCn1c(COc2ccc(C)cc2)nn([C@@H]2O[C@H](COC(C)=O)[C@@H](OC(C)=O)[C@H](OC(C)=O)[C@H]2NC(C)=O)c1=S. The molecule has 3 rings (SSSR count). The number of nitrogens with zero attached hydrogens (tertiary/aromatic N) is 3. The molecular formula is C27H34N4O9S. The molecule has 2 aromatic rings. The third-order valence-electron chi connectivity index (χ3n) is 5.99. The highest BCUT2D eigenvalue weighted by Crippen LogP contribution is 2.33. The summed E-state index contributed by atoms with van der Waals surface area (Å²) in [7, 11) is 0. The monoisotopic (exact) mass is 590 g/mol. The fourth-order valence-corrected chi connectivity index (χ4v) is 4.66. The molecule has 41 heavy (non-hydrogen) atoms. The van der Waals surface area contributed by atoms with Crippen LogP contribution < -0.4 is 10.1 Å². The van der Waals surface area contributed by atoms with Crippen molar-refractivity contribution in [3.8, 4) is 5.75 Å². The Morgan fingerprint density at radius 1 is 1.05 bits per heavy atom. The molecule has 1 aliphatic rings. The maximum Gasteiger partial charge on any atom is 0.303 e. The smallest absolute Gasteiger partial charge is 0.303 e. The van der Waals surface area contributed by atoms with Crippen molar-refractivity contribution in [3.05, 3.63) is 53.1 Å². The lowest BCUT2D eigenvalue weighted by molar-refractivity contribution is -0.239. The molecule has 0 spiro atoms. The second kappa shape index (κ2) is 14.0. The summed E-state index contributed by atoms with van der Waals surface area (Å²) < 4.78 is 31.6. The molecular weight excluding hydrogens is 556 g/mol. The first-order valence-corrected chi connectivity index (χ1v) is 13.2. The van der Waals surface area contributed by atoms with Crippen LogP contribution in [0.2, 0.25) is 0 Å². The maximum absolute atomic E-state index is 12.3. The minimum absolute atomic E-state index is 0.0331.